The Labute approximate surface area is 88.1 Å². The highest BCUT2D eigenvalue weighted by Crippen LogP contribution is 2.03. The largest absolute Gasteiger partial charge is 0.314 e. The van der Waals surface area contributed by atoms with Crippen molar-refractivity contribution in [2.45, 2.75) is 13.5 Å². The predicted molar refractivity (Wildman–Crippen MR) is 56.7 cm³/mol. The average Bonchev–Trinajstić information content (AvgIpc) is 2.67. The van der Waals surface area contributed by atoms with Crippen LogP contribution in [0.1, 0.15) is 11.4 Å². The molecule has 78 valence electrons. The van der Waals surface area contributed by atoms with E-state index in [1.165, 1.54) is 0 Å². The lowest BCUT2D eigenvalue weighted by molar-refractivity contribution is 0.743. The summed E-state index contributed by atoms with van der Waals surface area (Å²) in [4.78, 5) is 0. The van der Waals surface area contributed by atoms with Crippen LogP contribution >= 0.6 is 0 Å². The van der Waals surface area contributed by atoms with Gasteiger partial charge >= 0.3 is 0 Å². The minimum absolute atomic E-state index is 0.728. The Balaban J connectivity index is 2.23. The van der Waals surface area contributed by atoms with E-state index in [-0.39, 0.29) is 0 Å². The molecule has 0 unspecified atom stereocenters. The lowest BCUT2D eigenvalue weighted by atomic mass is 10.4. The summed E-state index contributed by atoms with van der Waals surface area (Å²) in [5, 5.41) is 15.4. The van der Waals surface area contributed by atoms with E-state index in [9.17, 15) is 0 Å². The maximum Gasteiger partial charge on any atom is 0.175 e. The molecule has 5 heteroatoms. The Hall–Kier alpha value is -1.75. The van der Waals surface area contributed by atoms with Crippen LogP contribution in [0.5, 0.6) is 0 Å². The van der Waals surface area contributed by atoms with Gasteiger partial charge in [0.2, 0.25) is 0 Å². The van der Waals surface area contributed by atoms with Gasteiger partial charge in [-0.2, -0.15) is 10.2 Å². The van der Waals surface area contributed by atoms with E-state index in [0.717, 1.165) is 23.8 Å². The Kier molecular flexibility index (Phi) is 2.73. The minimum Gasteiger partial charge on any atom is -0.314 e. The van der Waals surface area contributed by atoms with Gasteiger partial charge in [-0.3, -0.25) is 0 Å². The Morgan fingerprint density at radius 3 is 2.67 bits per heavy atom. The second-order valence-electron chi connectivity index (χ2n) is 3.31. The Morgan fingerprint density at radius 2 is 2.13 bits per heavy atom. The quantitative estimate of drug-likeness (QED) is 0.797. The first-order valence-electron chi connectivity index (χ1n) is 4.79. The number of aryl methyl sites for hydroxylation is 1. The zero-order chi connectivity index (χ0) is 10.7. The van der Waals surface area contributed by atoms with Crippen molar-refractivity contribution in [3.63, 3.8) is 0 Å². The molecule has 0 fully saturated rings. The summed E-state index contributed by atoms with van der Waals surface area (Å²) in [5.41, 5.74) is 1.89. The summed E-state index contributed by atoms with van der Waals surface area (Å²) in [6.07, 6.45) is 1.87. The molecule has 5 nitrogen and oxygen atoms in total. The molecule has 2 aromatic heterocycles. The van der Waals surface area contributed by atoms with E-state index in [0.29, 0.717) is 0 Å². The van der Waals surface area contributed by atoms with Gasteiger partial charge in [0.05, 0.1) is 11.4 Å². The molecular formula is C10H13N5. The molecule has 0 amide bonds. The third-order valence-corrected chi connectivity index (χ3v) is 2.02. The molecule has 0 saturated heterocycles. The smallest absolute Gasteiger partial charge is 0.175 e. The summed E-state index contributed by atoms with van der Waals surface area (Å²) >= 11 is 0. The average molecular weight is 203 g/mol. The van der Waals surface area contributed by atoms with Crippen LogP contribution < -0.4 is 5.32 Å². The van der Waals surface area contributed by atoms with Crippen molar-refractivity contribution in [3.8, 4) is 5.82 Å². The van der Waals surface area contributed by atoms with Crippen LogP contribution in [0.2, 0.25) is 0 Å². The van der Waals surface area contributed by atoms with E-state index in [4.69, 9.17) is 0 Å². The fourth-order valence-corrected chi connectivity index (χ4v) is 1.29. The second kappa shape index (κ2) is 4.18. The molecule has 0 saturated carbocycles. The predicted octanol–water partition coefficient (Wildman–Crippen LogP) is 0.690. The maximum atomic E-state index is 4.26. The van der Waals surface area contributed by atoms with Crippen molar-refractivity contribution >= 4 is 0 Å². The van der Waals surface area contributed by atoms with Gasteiger partial charge in [0, 0.05) is 12.7 Å². The third kappa shape index (κ3) is 2.19. The summed E-state index contributed by atoms with van der Waals surface area (Å²) in [5.74, 6) is 0.739. The summed E-state index contributed by atoms with van der Waals surface area (Å²) in [6, 6.07) is 5.78. The molecule has 0 radical (unpaired) electrons. The van der Waals surface area contributed by atoms with E-state index >= 15 is 0 Å². The van der Waals surface area contributed by atoms with E-state index < -0.39 is 0 Å². The van der Waals surface area contributed by atoms with E-state index in [2.05, 4.69) is 20.6 Å². The van der Waals surface area contributed by atoms with Crippen molar-refractivity contribution < 1.29 is 0 Å². The number of nitrogens with zero attached hydrogens (tertiary/aromatic N) is 4. The minimum atomic E-state index is 0.728. The molecule has 0 aliphatic carbocycles. The molecule has 2 rings (SSSR count). The fraction of sp³-hybridized carbons (Fsp3) is 0.300. The van der Waals surface area contributed by atoms with Crippen LogP contribution in [-0.4, -0.2) is 27.0 Å². The number of aromatic nitrogens is 4. The zero-order valence-electron chi connectivity index (χ0n) is 8.81. The summed E-state index contributed by atoms with van der Waals surface area (Å²) < 4.78 is 1.71. The second-order valence-corrected chi connectivity index (χ2v) is 3.31. The molecule has 2 heterocycles. The summed E-state index contributed by atoms with van der Waals surface area (Å²) in [7, 11) is 1.88. The van der Waals surface area contributed by atoms with Crippen molar-refractivity contribution in [2.24, 2.45) is 0 Å². The zero-order valence-corrected chi connectivity index (χ0v) is 8.81. The highest BCUT2D eigenvalue weighted by atomic mass is 15.3. The van der Waals surface area contributed by atoms with Gasteiger partial charge in [-0.1, -0.05) is 0 Å². The molecular weight excluding hydrogens is 190 g/mol. The monoisotopic (exact) mass is 203 g/mol. The van der Waals surface area contributed by atoms with Gasteiger partial charge in [0.25, 0.3) is 0 Å². The standard InChI is InChI=1S/C10H13N5/c1-8-5-6-15(14-8)10-4-3-9(7-11-2)12-13-10/h3-6,11H,7H2,1-2H3. The molecule has 0 aromatic carbocycles. The molecule has 0 bridgehead atoms. The molecule has 0 spiro atoms. The fourth-order valence-electron chi connectivity index (χ4n) is 1.29. The molecule has 0 atom stereocenters. The normalized spacial score (nSPS) is 10.5. The first kappa shape index (κ1) is 9.79. The van der Waals surface area contributed by atoms with Crippen molar-refractivity contribution in [2.75, 3.05) is 7.05 Å². The summed E-state index contributed by atoms with van der Waals surface area (Å²) in [6.45, 7) is 2.67. The molecule has 0 aliphatic rings. The van der Waals surface area contributed by atoms with Gasteiger partial charge < -0.3 is 5.32 Å². The molecule has 0 aliphatic heterocycles. The highest BCUT2D eigenvalue weighted by Gasteiger charge is 2.00. The van der Waals surface area contributed by atoms with Gasteiger partial charge in [0.1, 0.15) is 0 Å². The van der Waals surface area contributed by atoms with Gasteiger partial charge in [-0.15, -0.1) is 5.10 Å². The first-order valence-corrected chi connectivity index (χ1v) is 4.79. The topological polar surface area (TPSA) is 55.6 Å². The van der Waals surface area contributed by atoms with Gasteiger partial charge in [-0.05, 0) is 32.2 Å². The number of hydrogen-bond donors (Lipinski definition) is 1. The Morgan fingerprint density at radius 1 is 1.27 bits per heavy atom. The van der Waals surface area contributed by atoms with Gasteiger partial charge in [-0.25, -0.2) is 4.68 Å². The molecule has 1 N–H and O–H groups in total. The number of nitrogens with one attached hydrogen (secondary N) is 1. The number of rotatable bonds is 3. The van der Waals surface area contributed by atoms with E-state index in [1.54, 1.807) is 4.68 Å². The third-order valence-electron chi connectivity index (χ3n) is 2.02. The van der Waals surface area contributed by atoms with Crippen LogP contribution in [-0.2, 0) is 6.54 Å². The lowest BCUT2D eigenvalue weighted by Gasteiger charge is -2.01. The Bertz CT molecular complexity index is 431. The number of hydrogen-bond acceptors (Lipinski definition) is 4. The maximum absolute atomic E-state index is 4.26. The van der Waals surface area contributed by atoms with Crippen molar-refractivity contribution in [3.05, 3.63) is 35.8 Å². The van der Waals surface area contributed by atoms with Crippen molar-refractivity contribution in [1.82, 2.24) is 25.3 Å². The van der Waals surface area contributed by atoms with Crippen LogP contribution in [0.25, 0.3) is 5.82 Å². The first-order chi connectivity index (χ1) is 7.29. The van der Waals surface area contributed by atoms with Crippen LogP contribution in [0.4, 0.5) is 0 Å². The lowest BCUT2D eigenvalue weighted by Crippen LogP contribution is -2.09. The molecule has 2 aromatic rings. The SMILES string of the molecule is CNCc1ccc(-n2ccc(C)n2)nn1. The van der Waals surface area contributed by atoms with E-state index in [1.807, 2.05) is 38.4 Å². The van der Waals surface area contributed by atoms with Crippen LogP contribution in [0.3, 0.4) is 0 Å². The highest BCUT2D eigenvalue weighted by molar-refractivity contribution is 5.21. The van der Waals surface area contributed by atoms with Crippen LogP contribution in [0, 0.1) is 6.92 Å². The molecule has 15 heavy (non-hydrogen) atoms. The van der Waals surface area contributed by atoms with Crippen molar-refractivity contribution in [1.29, 1.82) is 0 Å². The van der Waals surface area contributed by atoms with Crippen LogP contribution in [0.15, 0.2) is 24.4 Å². The van der Waals surface area contributed by atoms with Gasteiger partial charge in [0.15, 0.2) is 5.82 Å².